The topological polar surface area (TPSA) is 87.7 Å². The van der Waals surface area contributed by atoms with E-state index in [1.165, 1.54) is 23.3 Å². The third-order valence-corrected chi connectivity index (χ3v) is 7.98. The molecule has 0 unspecified atom stereocenters. The highest BCUT2D eigenvalue weighted by atomic mass is 19.1. The van der Waals surface area contributed by atoms with E-state index in [1.807, 2.05) is 0 Å². The maximum Gasteiger partial charge on any atom is 0.306 e. The Morgan fingerprint density at radius 3 is 2.29 bits per heavy atom. The summed E-state index contributed by atoms with van der Waals surface area (Å²) < 4.78 is 33.1. The van der Waals surface area contributed by atoms with E-state index in [2.05, 4.69) is 55.7 Å². The van der Waals surface area contributed by atoms with Crippen molar-refractivity contribution in [2.75, 3.05) is 6.54 Å². The van der Waals surface area contributed by atoms with Crippen molar-refractivity contribution in [2.24, 2.45) is 0 Å². The molecule has 1 fully saturated rings. The summed E-state index contributed by atoms with van der Waals surface area (Å²) in [5.41, 5.74) is 2.43. The largest absolute Gasteiger partial charge is 0.463 e. The molecule has 0 aliphatic heterocycles. The number of aliphatic hydroxyl groups excluding tert-OH is 1. The van der Waals surface area contributed by atoms with Gasteiger partial charge < -0.3 is 20.5 Å². The van der Waals surface area contributed by atoms with Crippen LogP contribution in [0, 0.1) is 11.6 Å². The Morgan fingerprint density at radius 1 is 1.00 bits per heavy atom. The van der Waals surface area contributed by atoms with Gasteiger partial charge in [-0.3, -0.25) is 9.59 Å². The number of carbonyl (C=O) groups excluding carboxylic acids is 2. The zero-order valence-corrected chi connectivity index (χ0v) is 25.8. The Balaban J connectivity index is 1.76. The molecule has 0 bridgehead atoms. The van der Waals surface area contributed by atoms with Crippen LogP contribution in [-0.4, -0.2) is 41.8 Å². The van der Waals surface area contributed by atoms with Crippen molar-refractivity contribution in [3.05, 3.63) is 70.8 Å². The molecule has 8 heteroatoms. The first kappa shape index (κ1) is 33.7. The molecule has 2 aromatic carbocycles. The molecule has 232 valence electrons. The van der Waals surface area contributed by atoms with Crippen molar-refractivity contribution < 1.29 is 28.2 Å². The Kier molecular flexibility index (Phi) is 12.1. The smallest absolute Gasteiger partial charge is 0.306 e. The number of aliphatic hydroxyl groups is 1. The lowest BCUT2D eigenvalue weighted by Crippen LogP contribution is -2.53. The molecule has 1 aliphatic rings. The lowest BCUT2D eigenvalue weighted by atomic mass is 9.74. The van der Waals surface area contributed by atoms with E-state index in [0.717, 1.165) is 38.2 Å². The number of nitrogens with one attached hydrogen (secondary N) is 2. The number of hydrogen-bond donors (Lipinski definition) is 3. The predicted octanol–water partition coefficient (Wildman–Crippen LogP) is 6.22. The fourth-order valence-electron chi connectivity index (χ4n) is 5.71. The van der Waals surface area contributed by atoms with Crippen molar-refractivity contribution in [2.45, 2.75) is 122 Å². The lowest BCUT2D eigenvalue weighted by molar-refractivity contribution is -0.147. The third-order valence-electron chi connectivity index (χ3n) is 7.98. The molecule has 0 heterocycles. The highest BCUT2D eigenvalue weighted by Gasteiger charge is 2.35. The van der Waals surface area contributed by atoms with Gasteiger partial charge in [-0.15, -0.1) is 0 Å². The molecule has 0 radical (unpaired) electrons. The second-order valence-electron chi connectivity index (χ2n) is 13.0. The molecular formula is C34H48F2N2O4. The summed E-state index contributed by atoms with van der Waals surface area (Å²) in [4.78, 5) is 24.7. The molecular weight excluding hydrogens is 538 g/mol. The minimum absolute atomic E-state index is 0.00743. The van der Waals surface area contributed by atoms with Gasteiger partial charge in [-0.1, -0.05) is 64.3 Å². The highest BCUT2D eigenvalue weighted by Crippen LogP contribution is 2.38. The molecule has 2 aromatic rings. The molecule has 1 saturated carbocycles. The maximum atomic E-state index is 14.0. The van der Waals surface area contributed by atoms with E-state index in [-0.39, 0.29) is 54.7 Å². The van der Waals surface area contributed by atoms with Gasteiger partial charge in [0.2, 0.25) is 5.91 Å². The van der Waals surface area contributed by atoms with Crippen molar-refractivity contribution in [1.29, 1.82) is 0 Å². The Hall–Kier alpha value is -2.84. The van der Waals surface area contributed by atoms with E-state index in [9.17, 15) is 23.5 Å². The van der Waals surface area contributed by atoms with Gasteiger partial charge in [-0.2, -0.15) is 0 Å². The van der Waals surface area contributed by atoms with Crippen LogP contribution in [0.4, 0.5) is 8.78 Å². The van der Waals surface area contributed by atoms with Crippen LogP contribution in [0.1, 0.15) is 103 Å². The molecule has 1 amide bonds. The summed E-state index contributed by atoms with van der Waals surface area (Å²) in [5, 5.41) is 17.9. The van der Waals surface area contributed by atoms with Crippen LogP contribution in [0.5, 0.6) is 0 Å². The van der Waals surface area contributed by atoms with Crippen LogP contribution < -0.4 is 10.6 Å². The number of hydrogen-bond acceptors (Lipinski definition) is 5. The minimum atomic E-state index is -1.03. The number of halogens is 2. The average molecular weight is 587 g/mol. The van der Waals surface area contributed by atoms with Crippen molar-refractivity contribution in [3.63, 3.8) is 0 Å². The molecule has 2 atom stereocenters. The van der Waals surface area contributed by atoms with Crippen molar-refractivity contribution in [3.8, 4) is 0 Å². The van der Waals surface area contributed by atoms with E-state index in [4.69, 9.17) is 4.74 Å². The zero-order valence-electron chi connectivity index (χ0n) is 25.8. The van der Waals surface area contributed by atoms with E-state index in [0.29, 0.717) is 12.0 Å². The number of benzene rings is 2. The molecule has 0 saturated heterocycles. The monoisotopic (exact) mass is 586 g/mol. The van der Waals surface area contributed by atoms with Crippen LogP contribution in [0.25, 0.3) is 0 Å². The minimum Gasteiger partial charge on any atom is -0.463 e. The van der Waals surface area contributed by atoms with Gasteiger partial charge in [0.25, 0.3) is 0 Å². The van der Waals surface area contributed by atoms with Gasteiger partial charge in [0.05, 0.1) is 18.2 Å². The zero-order chi connectivity index (χ0) is 30.9. The van der Waals surface area contributed by atoms with E-state index in [1.54, 1.807) is 13.8 Å². The van der Waals surface area contributed by atoms with E-state index >= 15 is 0 Å². The first-order valence-electron chi connectivity index (χ1n) is 15.3. The van der Waals surface area contributed by atoms with E-state index < -0.39 is 23.8 Å². The second-order valence-corrected chi connectivity index (χ2v) is 13.0. The quantitative estimate of drug-likeness (QED) is 0.243. The number of amides is 1. The molecule has 1 aliphatic carbocycles. The first-order valence-corrected chi connectivity index (χ1v) is 15.3. The molecule has 6 nitrogen and oxygen atoms in total. The van der Waals surface area contributed by atoms with Crippen molar-refractivity contribution in [1.82, 2.24) is 10.6 Å². The van der Waals surface area contributed by atoms with Crippen LogP contribution in [-0.2, 0) is 31.7 Å². The van der Waals surface area contributed by atoms with Gasteiger partial charge in [-0.05, 0) is 73.8 Å². The summed E-state index contributed by atoms with van der Waals surface area (Å²) >= 11 is 0. The summed E-state index contributed by atoms with van der Waals surface area (Å²) in [5.74, 6) is -2.15. The standard InChI is InChI=1S/C34H48F2N2O4/c1-23(2)42-32(41)14-10-13-31(40)38-29(19-24-17-27(35)21-28(36)18-24)30(39)22-37-34(15-7-6-8-16-34)26-12-9-11-25(20-26)33(3,4)5/h9,11-12,17-18,20-21,23,29-30,37,39H,6-8,10,13-16,19,22H2,1-5H3,(H,38,40)/t29-,30+/m0/s1. The lowest BCUT2D eigenvalue weighted by Gasteiger charge is -2.41. The third kappa shape index (κ3) is 10.2. The Morgan fingerprint density at radius 2 is 1.67 bits per heavy atom. The van der Waals surface area contributed by atoms with Gasteiger partial charge in [0.1, 0.15) is 11.6 Å². The van der Waals surface area contributed by atoms with Gasteiger partial charge in [0, 0.05) is 31.0 Å². The SMILES string of the molecule is CC(C)OC(=O)CCCC(=O)N[C@@H](Cc1cc(F)cc(F)c1)[C@H](O)CNC1(c2cccc(C(C)(C)C)c2)CCCCC1. The van der Waals surface area contributed by atoms with Crippen molar-refractivity contribution >= 4 is 11.9 Å². The summed E-state index contributed by atoms with van der Waals surface area (Å²) in [6.07, 6.45) is 4.36. The summed E-state index contributed by atoms with van der Waals surface area (Å²) in [6, 6.07) is 11.0. The van der Waals surface area contributed by atoms with Gasteiger partial charge in [0.15, 0.2) is 0 Å². The second kappa shape index (κ2) is 15.1. The van der Waals surface area contributed by atoms with Gasteiger partial charge >= 0.3 is 5.97 Å². The molecule has 0 aromatic heterocycles. The molecule has 42 heavy (non-hydrogen) atoms. The highest BCUT2D eigenvalue weighted by molar-refractivity contribution is 5.77. The molecule has 3 N–H and O–H groups in total. The number of ether oxygens (including phenoxy) is 1. The number of esters is 1. The molecule has 3 rings (SSSR count). The predicted molar refractivity (Wildman–Crippen MR) is 161 cm³/mol. The first-order chi connectivity index (χ1) is 19.8. The summed E-state index contributed by atoms with van der Waals surface area (Å²) in [7, 11) is 0. The van der Waals surface area contributed by atoms with Crippen LogP contribution in [0.3, 0.4) is 0 Å². The van der Waals surface area contributed by atoms with Crippen LogP contribution in [0.2, 0.25) is 0 Å². The Labute approximate surface area is 249 Å². The Bertz CT molecular complexity index is 1170. The van der Waals surface area contributed by atoms with Crippen LogP contribution >= 0.6 is 0 Å². The summed E-state index contributed by atoms with van der Waals surface area (Å²) in [6.45, 7) is 10.3. The maximum absolute atomic E-state index is 14.0. The number of carbonyl (C=O) groups is 2. The van der Waals surface area contributed by atoms with Crippen LogP contribution in [0.15, 0.2) is 42.5 Å². The fourth-order valence-corrected chi connectivity index (χ4v) is 5.71. The average Bonchev–Trinajstić information content (AvgIpc) is 2.90. The fraction of sp³-hybridized carbons (Fsp3) is 0.588. The van der Waals surface area contributed by atoms with Gasteiger partial charge in [-0.25, -0.2) is 8.78 Å². The molecule has 0 spiro atoms. The number of rotatable bonds is 13. The normalized spacial score (nSPS) is 16.6.